The Labute approximate surface area is 185 Å². The number of piperazine rings is 1. The molecule has 1 aliphatic rings. The quantitative estimate of drug-likeness (QED) is 0.512. The number of H-pyrrole nitrogens is 1. The van der Waals surface area contributed by atoms with Crippen LogP contribution in [0, 0.1) is 11.3 Å². The molecule has 32 heavy (non-hydrogen) atoms. The van der Waals surface area contributed by atoms with Gasteiger partial charge >= 0.3 is 6.03 Å². The second-order valence-electron chi connectivity index (χ2n) is 7.25. The molecule has 0 bridgehead atoms. The molecule has 3 amide bonds. The Hall–Kier alpha value is -3.91. The van der Waals surface area contributed by atoms with E-state index < -0.39 is 6.03 Å². The molecular formula is C21H26N8O3. The number of pyridine rings is 2. The van der Waals surface area contributed by atoms with Gasteiger partial charge in [-0.1, -0.05) is 0 Å². The third-order valence-electron chi connectivity index (χ3n) is 5.11. The second-order valence-corrected chi connectivity index (χ2v) is 7.25. The highest BCUT2D eigenvalue weighted by atomic mass is 16.2. The number of urea groups is 1. The van der Waals surface area contributed by atoms with Crippen molar-refractivity contribution in [2.75, 3.05) is 50.0 Å². The van der Waals surface area contributed by atoms with Crippen LogP contribution in [0.1, 0.15) is 28.7 Å². The smallest absolute Gasteiger partial charge is 0.319 e. The Bertz CT molecular complexity index is 1080. The van der Waals surface area contributed by atoms with E-state index in [0.717, 1.165) is 18.7 Å². The predicted molar refractivity (Wildman–Crippen MR) is 120 cm³/mol. The van der Waals surface area contributed by atoms with E-state index in [1.54, 1.807) is 31.3 Å². The fourth-order valence-corrected chi connectivity index (χ4v) is 3.49. The van der Waals surface area contributed by atoms with E-state index in [1.165, 1.54) is 7.05 Å². The normalized spacial score (nSPS) is 13.8. The highest BCUT2D eigenvalue weighted by Gasteiger charge is 2.21. The Morgan fingerprint density at radius 1 is 1.25 bits per heavy atom. The van der Waals surface area contributed by atoms with E-state index in [1.807, 2.05) is 0 Å². The number of nitriles is 1. The standard InChI is InChI=1S/C21H26N8O3/c1-3-24-21(32)27-16-10-14(12-25-20(16)31)13-28-6-8-29(9-7-28)18-5-4-15(19(30)23-2)26-17(18)11-22/h4-5,10,12H,3,6-9,13H2,1-2H3,(H,23,30)(H,25,31)(H2,24,27,32). The van der Waals surface area contributed by atoms with Crippen LogP contribution in [0.2, 0.25) is 0 Å². The van der Waals surface area contributed by atoms with Crippen LogP contribution in [0.4, 0.5) is 16.2 Å². The monoisotopic (exact) mass is 438 g/mol. The molecule has 1 fully saturated rings. The van der Waals surface area contributed by atoms with Gasteiger partial charge in [0.05, 0.1) is 5.69 Å². The molecule has 2 aromatic rings. The molecule has 0 unspecified atom stereocenters. The van der Waals surface area contributed by atoms with Gasteiger partial charge in [-0.25, -0.2) is 9.78 Å². The highest BCUT2D eigenvalue weighted by molar-refractivity contribution is 5.92. The highest BCUT2D eigenvalue weighted by Crippen LogP contribution is 2.21. The van der Waals surface area contributed by atoms with E-state index >= 15 is 0 Å². The van der Waals surface area contributed by atoms with Crippen molar-refractivity contribution in [3.05, 3.63) is 51.7 Å². The van der Waals surface area contributed by atoms with Gasteiger partial charge < -0.3 is 25.8 Å². The molecule has 0 atom stereocenters. The summed E-state index contributed by atoms with van der Waals surface area (Å²) in [6.07, 6.45) is 1.65. The van der Waals surface area contributed by atoms with E-state index in [-0.39, 0.29) is 28.5 Å². The minimum atomic E-state index is -0.423. The van der Waals surface area contributed by atoms with Gasteiger partial charge in [0.1, 0.15) is 17.5 Å². The number of carbonyl (C=O) groups is 2. The third-order valence-corrected chi connectivity index (χ3v) is 5.11. The predicted octanol–water partition coefficient (Wildman–Crippen LogP) is 0.465. The number of aromatic amines is 1. The summed E-state index contributed by atoms with van der Waals surface area (Å²) in [7, 11) is 1.52. The van der Waals surface area contributed by atoms with Crippen LogP contribution in [-0.2, 0) is 6.54 Å². The largest absolute Gasteiger partial charge is 0.367 e. The van der Waals surface area contributed by atoms with Gasteiger partial charge in [-0.3, -0.25) is 14.5 Å². The van der Waals surface area contributed by atoms with E-state index in [9.17, 15) is 19.6 Å². The zero-order valence-electron chi connectivity index (χ0n) is 18.1. The van der Waals surface area contributed by atoms with Crippen LogP contribution in [0.25, 0.3) is 0 Å². The fourth-order valence-electron chi connectivity index (χ4n) is 3.49. The Kier molecular flexibility index (Phi) is 7.41. The van der Waals surface area contributed by atoms with Crippen LogP contribution < -0.4 is 26.4 Å². The molecule has 0 radical (unpaired) electrons. The lowest BCUT2D eigenvalue weighted by Gasteiger charge is -2.36. The topological polar surface area (TPSA) is 146 Å². The van der Waals surface area contributed by atoms with Crippen molar-refractivity contribution >= 4 is 23.3 Å². The van der Waals surface area contributed by atoms with Crippen LogP contribution in [0.5, 0.6) is 0 Å². The minimum absolute atomic E-state index is 0.202. The van der Waals surface area contributed by atoms with E-state index in [0.29, 0.717) is 31.9 Å². The van der Waals surface area contributed by atoms with Crippen molar-refractivity contribution in [2.45, 2.75) is 13.5 Å². The van der Waals surface area contributed by atoms with Crippen molar-refractivity contribution in [1.82, 2.24) is 25.5 Å². The van der Waals surface area contributed by atoms with Gasteiger partial charge in [0.25, 0.3) is 11.5 Å². The average Bonchev–Trinajstić information content (AvgIpc) is 2.81. The zero-order chi connectivity index (χ0) is 23.1. The van der Waals surface area contributed by atoms with Crippen molar-refractivity contribution in [3.8, 4) is 6.07 Å². The number of amides is 3. The number of hydrogen-bond acceptors (Lipinski definition) is 7. The lowest BCUT2D eigenvalue weighted by molar-refractivity contribution is 0.0958. The molecule has 3 rings (SSSR count). The molecule has 0 saturated carbocycles. The van der Waals surface area contributed by atoms with Crippen LogP contribution in [-0.4, -0.2) is 66.6 Å². The lowest BCUT2D eigenvalue weighted by atomic mass is 10.2. The molecule has 2 aromatic heterocycles. The number of rotatable bonds is 6. The molecule has 11 heteroatoms. The first-order valence-electron chi connectivity index (χ1n) is 10.3. The second kappa shape index (κ2) is 10.4. The fraction of sp³-hybridized carbons (Fsp3) is 0.381. The average molecular weight is 438 g/mol. The van der Waals surface area contributed by atoms with Crippen molar-refractivity contribution in [1.29, 1.82) is 5.26 Å². The first kappa shape index (κ1) is 22.8. The SMILES string of the molecule is CCNC(=O)Nc1cc(CN2CCN(c3ccc(C(=O)NC)nc3C#N)CC2)c[nH]c1=O. The Balaban J connectivity index is 1.63. The lowest BCUT2D eigenvalue weighted by Crippen LogP contribution is -2.46. The van der Waals surface area contributed by atoms with Crippen molar-refractivity contribution < 1.29 is 9.59 Å². The Morgan fingerprint density at radius 3 is 2.66 bits per heavy atom. The molecule has 11 nitrogen and oxygen atoms in total. The number of anilines is 2. The molecule has 1 saturated heterocycles. The summed E-state index contributed by atoms with van der Waals surface area (Å²) in [5, 5.41) is 17.1. The summed E-state index contributed by atoms with van der Waals surface area (Å²) >= 11 is 0. The molecule has 0 spiro atoms. The molecular weight excluding hydrogens is 412 g/mol. The molecule has 4 N–H and O–H groups in total. The number of carbonyl (C=O) groups excluding carboxylic acids is 2. The zero-order valence-corrected chi connectivity index (χ0v) is 18.1. The van der Waals surface area contributed by atoms with Crippen LogP contribution in [0.3, 0.4) is 0 Å². The van der Waals surface area contributed by atoms with Gasteiger partial charge in [0, 0.05) is 52.5 Å². The number of aromatic nitrogens is 2. The van der Waals surface area contributed by atoms with E-state index in [4.69, 9.17) is 0 Å². The van der Waals surface area contributed by atoms with Gasteiger partial charge in [0.15, 0.2) is 5.69 Å². The van der Waals surface area contributed by atoms with E-state index in [2.05, 4.69) is 41.8 Å². The third kappa shape index (κ3) is 5.41. The van der Waals surface area contributed by atoms with Gasteiger partial charge in [-0.05, 0) is 30.7 Å². The summed E-state index contributed by atoms with van der Waals surface area (Å²) in [6.45, 7) is 5.71. The minimum Gasteiger partial charge on any atom is -0.367 e. The summed E-state index contributed by atoms with van der Waals surface area (Å²) in [5.74, 6) is -0.334. The van der Waals surface area contributed by atoms with Gasteiger partial charge in [-0.2, -0.15) is 5.26 Å². The summed E-state index contributed by atoms with van der Waals surface area (Å²) in [6, 6.07) is 6.71. The maximum Gasteiger partial charge on any atom is 0.319 e. The number of nitrogens with one attached hydrogen (secondary N) is 4. The van der Waals surface area contributed by atoms with Crippen molar-refractivity contribution in [3.63, 3.8) is 0 Å². The first-order valence-corrected chi connectivity index (χ1v) is 10.3. The van der Waals surface area contributed by atoms with Gasteiger partial charge in [-0.15, -0.1) is 0 Å². The first-order chi connectivity index (χ1) is 15.4. The summed E-state index contributed by atoms with van der Waals surface area (Å²) < 4.78 is 0. The molecule has 3 heterocycles. The maximum absolute atomic E-state index is 12.0. The summed E-state index contributed by atoms with van der Waals surface area (Å²) in [4.78, 5) is 46.6. The number of nitrogens with zero attached hydrogens (tertiary/aromatic N) is 4. The van der Waals surface area contributed by atoms with Crippen LogP contribution >= 0.6 is 0 Å². The van der Waals surface area contributed by atoms with Crippen molar-refractivity contribution in [2.24, 2.45) is 0 Å². The molecule has 0 aliphatic carbocycles. The van der Waals surface area contributed by atoms with Gasteiger partial charge in [0.2, 0.25) is 0 Å². The Morgan fingerprint density at radius 2 is 2.00 bits per heavy atom. The number of hydrogen-bond donors (Lipinski definition) is 4. The maximum atomic E-state index is 12.0. The molecule has 168 valence electrons. The molecule has 0 aromatic carbocycles. The summed E-state index contributed by atoms with van der Waals surface area (Å²) in [5.41, 5.74) is 1.86. The van der Waals surface area contributed by atoms with Crippen LogP contribution in [0.15, 0.2) is 29.2 Å². The molecule has 1 aliphatic heterocycles.